The molecule has 0 unspecified atom stereocenters. The van der Waals surface area contributed by atoms with Gasteiger partial charge in [0, 0.05) is 5.56 Å². The molecule has 1 atom stereocenters. The molecule has 0 bridgehead atoms. The van der Waals surface area contributed by atoms with Crippen molar-refractivity contribution in [2.75, 3.05) is 19.6 Å². The second kappa shape index (κ2) is 9.83. The molecule has 0 radical (unpaired) electrons. The molecule has 0 aliphatic carbocycles. The number of quaternary nitrogens is 1. The third-order valence-electron chi connectivity index (χ3n) is 6.02. The molecule has 7 nitrogen and oxygen atoms in total. The molecule has 2 aromatic heterocycles. The molecule has 1 fully saturated rings. The van der Waals surface area contributed by atoms with Crippen molar-refractivity contribution in [3.05, 3.63) is 71.0 Å². The van der Waals surface area contributed by atoms with Gasteiger partial charge in [-0.2, -0.15) is 0 Å². The van der Waals surface area contributed by atoms with Gasteiger partial charge in [-0.25, -0.2) is 0 Å². The number of hydrogen-bond acceptors (Lipinski definition) is 5. The molecule has 3 aromatic rings. The molecule has 1 aliphatic heterocycles. The molecule has 1 amide bonds. The van der Waals surface area contributed by atoms with E-state index in [2.05, 4.69) is 10.5 Å². The predicted octanol–water partition coefficient (Wildman–Crippen LogP) is 3.00. The number of ether oxygens (including phenoxy) is 1. The summed E-state index contributed by atoms with van der Waals surface area (Å²) in [4.78, 5) is 14.2. The Bertz CT molecular complexity index is 953. The van der Waals surface area contributed by atoms with E-state index in [0.29, 0.717) is 24.5 Å². The van der Waals surface area contributed by atoms with E-state index in [-0.39, 0.29) is 11.9 Å². The van der Waals surface area contributed by atoms with Crippen LogP contribution in [0.5, 0.6) is 5.75 Å². The van der Waals surface area contributed by atoms with Crippen LogP contribution in [0.15, 0.2) is 51.6 Å². The maximum Gasteiger partial charge on any atom is 0.251 e. The number of aryl methyl sites for hydroxylation is 2. The van der Waals surface area contributed by atoms with Crippen molar-refractivity contribution in [3.63, 3.8) is 0 Å². The summed E-state index contributed by atoms with van der Waals surface area (Å²) in [5, 5.41) is 7.03. The van der Waals surface area contributed by atoms with Gasteiger partial charge in [0.1, 0.15) is 18.1 Å². The van der Waals surface area contributed by atoms with Crippen LogP contribution in [-0.4, -0.2) is 30.7 Å². The van der Waals surface area contributed by atoms with E-state index in [1.165, 1.54) is 24.2 Å². The lowest BCUT2D eigenvalue weighted by molar-refractivity contribution is -0.936. The van der Waals surface area contributed by atoms with Crippen molar-refractivity contribution in [3.8, 4) is 5.75 Å². The zero-order chi connectivity index (χ0) is 21.6. The molecule has 0 spiro atoms. The third-order valence-corrected chi connectivity index (χ3v) is 6.02. The van der Waals surface area contributed by atoms with Crippen LogP contribution in [0.2, 0.25) is 0 Å². The highest BCUT2D eigenvalue weighted by molar-refractivity contribution is 5.94. The maximum atomic E-state index is 12.7. The molecular weight excluding hydrogens is 394 g/mol. The summed E-state index contributed by atoms with van der Waals surface area (Å²) in [5.74, 6) is 2.30. The molecular formula is C24H30N3O4+. The molecule has 1 aliphatic rings. The number of nitrogens with zero attached hydrogens (tertiary/aromatic N) is 1. The van der Waals surface area contributed by atoms with Gasteiger partial charge >= 0.3 is 0 Å². The summed E-state index contributed by atoms with van der Waals surface area (Å²) in [5.41, 5.74) is 2.39. The van der Waals surface area contributed by atoms with E-state index < -0.39 is 0 Å². The summed E-state index contributed by atoms with van der Waals surface area (Å²) < 4.78 is 16.7. The lowest BCUT2D eigenvalue weighted by Gasteiger charge is -2.30. The first kappa shape index (κ1) is 21.2. The Kier molecular flexibility index (Phi) is 6.72. The monoisotopic (exact) mass is 424 g/mol. The van der Waals surface area contributed by atoms with E-state index in [9.17, 15) is 4.79 Å². The minimum absolute atomic E-state index is 0.0924. The number of benzene rings is 1. The number of rotatable bonds is 8. The highest BCUT2D eigenvalue weighted by Crippen LogP contribution is 2.18. The summed E-state index contributed by atoms with van der Waals surface area (Å²) in [7, 11) is 0. The number of aromatic nitrogens is 1. The van der Waals surface area contributed by atoms with Crippen LogP contribution in [-0.2, 0) is 6.61 Å². The number of carbonyl (C=O) groups excluding carboxylic acids is 1. The van der Waals surface area contributed by atoms with Crippen LogP contribution < -0.4 is 15.0 Å². The highest BCUT2D eigenvalue weighted by atomic mass is 16.5. The summed E-state index contributed by atoms with van der Waals surface area (Å²) >= 11 is 0. The molecule has 3 heterocycles. The molecule has 7 heteroatoms. The Morgan fingerprint density at radius 1 is 1.16 bits per heavy atom. The Morgan fingerprint density at radius 2 is 1.94 bits per heavy atom. The zero-order valence-corrected chi connectivity index (χ0v) is 18.1. The number of carbonyl (C=O) groups is 1. The van der Waals surface area contributed by atoms with Crippen molar-refractivity contribution in [1.29, 1.82) is 0 Å². The fraction of sp³-hybridized carbons (Fsp3) is 0.417. The summed E-state index contributed by atoms with van der Waals surface area (Å²) in [6.07, 6.45) is 5.42. The van der Waals surface area contributed by atoms with Crippen molar-refractivity contribution >= 4 is 5.91 Å². The fourth-order valence-corrected chi connectivity index (χ4v) is 4.15. The smallest absolute Gasteiger partial charge is 0.251 e. The third kappa shape index (κ3) is 5.17. The molecule has 2 N–H and O–H groups in total. The van der Waals surface area contributed by atoms with Gasteiger partial charge in [-0.15, -0.1) is 0 Å². The van der Waals surface area contributed by atoms with E-state index in [1.54, 1.807) is 18.4 Å². The van der Waals surface area contributed by atoms with Gasteiger partial charge in [0.2, 0.25) is 0 Å². The van der Waals surface area contributed by atoms with Crippen molar-refractivity contribution in [2.45, 2.75) is 45.8 Å². The Morgan fingerprint density at radius 3 is 2.58 bits per heavy atom. The average Bonchev–Trinajstić information content (AvgIpc) is 3.44. The van der Waals surface area contributed by atoms with E-state index in [1.807, 2.05) is 38.1 Å². The Labute approximate surface area is 182 Å². The first-order valence-electron chi connectivity index (χ1n) is 10.9. The number of furan rings is 1. The summed E-state index contributed by atoms with van der Waals surface area (Å²) in [6.45, 7) is 6.91. The van der Waals surface area contributed by atoms with Crippen molar-refractivity contribution in [1.82, 2.24) is 10.5 Å². The number of piperidine rings is 1. The van der Waals surface area contributed by atoms with Gasteiger partial charge in [-0.05, 0) is 69.5 Å². The molecule has 1 saturated heterocycles. The summed E-state index contributed by atoms with van der Waals surface area (Å²) in [6, 6.07) is 11.2. The second-order valence-electron chi connectivity index (χ2n) is 8.11. The van der Waals surface area contributed by atoms with E-state index >= 15 is 0 Å². The van der Waals surface area contributed by atoms with Gasteiger partial charge in [-0.1, -0.05) is 5.16 Å². The second-order valence-corrected chi connectivity index (χ2v) is 8.11. The van der Waals surface area contributed by atoms with Crippen LogP contribution in [0, 0.1) is 13.8 Å². The Hall–Kier alpha value is -3.06. The van der Waals surface area contributed by atoms with E-state index in [4.69, 9.17) is 13.7 Å². The normalized spacial score (nSPS) is 15.5. The first-order chi connectivity index (χ1) is 15.1. The highest BCUT2D eigenvalue weighted by Gasteiger charge is 2.28. The van der Waals surface area contributed by atoms with Gasteiger partial charge in [0.15, 0.2) is 11.8 Å². The van der Waals surface area contributed by atoms with Crippen LogP contribution in [0.25, 0.3) is 0 Å². The molecule has 4 rings (SSSR count). The molecule has 31 heavy (non-hydrogen) atoms. The van der Waals surface area contributed by atoms with Gasteiger partial charge in [-0.3, -0.25) is 4.79 Å². The molecule has 1 aromatic carbocycles. The number of likely N-dealkylation sites (tertiary alicyclic amines) is 1. The zero-order valence-electron chi connectivity index (χ0n) is 18.1. The molecule has 164 valence electrons. The SMILES string of the molecule is Cc1noc(C)c1COc1ccc(C(=O)NC[C@@H](c2ccco2)[NH+]2CCCCC2)cc1. The quantitative estimate of drug-likeness (QED) is 0.581. The van der Waals surface area contributed by atoms with E-state index in [0.717, 1.165) is 35.9 Å². The van der Waals surface area contributed by atoms with Crippen molar-refractivity contribution < 1.29 is 23.4 Å². The minimum Gasteiger partial charge on any atom is -0.489 e. The van der Waals surface area contributed by atoms with Gasteiger partial charge in [0.05, 0.1) is 37.2 Å². The fourth-order valence-electron chi connectivity index (χ4n) is 4.15. The Balaban J connectivity index is 1.34. The van der Waals surface area contributed by atoms with Crippen LogP contribution >= 0.6 is 0 Å². The predicted molar refractivity (Wildman–Crippen MR) is 115 cm³/mol. The number of nitrogens with one attached hydrogen (secondary N) is 2. The van der Waals surface area contributed by atoms with Crippen molar-refractivity contribution in [2.24, 2.45) is 0 Å². The lowest BCUT2D eigenvalue weighted by atomic mass is 10.1. The lowest BCUT2D eigenvalue weighted by Crippen LogP contribution is -3.13. The maximum absolute atomic E-state index is 12.7. The average molecular weight is 425 g/mol. The van der Waals surface area contributed by atoms with Crippen LogP contribution in [0.3, 0.4) is 0 Å². The largest absolute Gasteiger partial charge is 0.489 e. The van der Waals surface area contributed by atoms with Crippen LogP contribution in [0.1, 0.15) is 58.4 Å². The standard InChI is InChI=1S/C24H29N3O4/c1-17-21(18(2)31-26-17)16-30-20-10-8-19(9-11-20)24(28)25-15-22(23-7-6-14-29-23)27-12-4-3-5-13-27/h6-11,14,22H,3-5,12-13,15-16H2,1-2H3,(H,25,28)/p+1/t22-/m0/s1. The topological polar surface area (TPSA) is 81.9 Å². The van der Waals surface area contributed by atoms with Crippen LogP contribution in [0.4, 0.5) is 0 Å². The number of amides is 1. The first-order valence-corrected chi connectivity index (χ1v) is 10.9. The number of hydrogen-bond donors (Lipinski definition) is 2. The van der Waals surface area contributed by atoms with Gasteiger partial charge < -0.3 is 23.9 Å². The molecule has 0 saturated carbocycles. The minimum atomic E-state index is -0.0924. The van der Waals surface area contributed by atoms with Gasteiger partial charge in [0.25, 0.3) is 5.91 Å².